The number of halogens is 2. The molecule has 0 unspecified atom stereocenters. The fourth-order valence-corrected chi connectivity index (χ4v) is 3.70. The third-order valence-electron chi connectivity index (χ3n) is 5.17. The van der Waals surface area contributed by atoms with E-state index >= 15 is 0 Å². The highest BCUT2D eigenvalue weighted by atomic mass is 19.3. The van der Waals surface area contributed by atoms with Gasteiger partial charge in [0.25, 0.3) is 0 Å². The van der Waals surface area contributed by atoms with E-state index in [2.05, 4.69) is 11.7 Å². The Bertz CT molecular complexity index is 422. The Balaban J connectivity index is 1.65. The van der Waals surface area contributed by atoms with Crippen LogP contribution in [0.15, 0.2) is 24.3 Å². The van der Waals surface area contributed by atoms with Crippen LogP contribution in [0.5, 0.6) is 5.75 Å². The molecule has 1 aromatic rings. The molecule has 1 aliphatic rings. The molecule has 1 aliphatic carbocycles. The number of hydrogen-bond donors (Lipinski definition) is 0. The summed E-state index contributed by atoms with van der Waals surface area (Å²) in [5.74, 6) is 2.05. The summed E-state index contributed by atoms with van der Waals surface area (Å²) in [6, 6.07) is 7.11. The first-order valence-electron chi connectivity index (χ1n) is 9.21. The molecule has 0 bridgehead atoms. The molecule has 0 N–H and O–H groups in total. The minimum Gasteiger partial charge on any atom is -0.435 e. The summed E-state index contributed by atoms with van der Waals surface area (Å²) >= 11 is 0. The van der Waals surface area contributed by atoms with Gasteiger partial charge >= 0.3 is 6.61 Å². The van der Waals surface area contributed by atoms with Crippen molar-refractivity contribution in [3.8, 4) is 5.75 Å². The van der Waals surface area contributed by atoms with Crippen LogP contribution < -0.4 is 4.74 Å². The largest absolute Gasteiger partial charge is 0.435 e. The maximum Gasteiger partial charge on any atom is 0.387 e. The van der Waals surface area contributed by atoms with Gasteiger partial charge in [-0.3, -0.25) is 0 Å². The van der Waals surface area contributed by atoms with Crippen molar-refractivity contribution in [2.45, 2.75) is 77.7 Å². The van der Waals surface area contributed by atoms with Gasteiger partial charge in [0.2, 0.25) is 0 Å². The van der Waals surface area contributed by atoms with Gasteiger partial charge < -0.3 is 4.74 Å². The first kappa shape index (κ1) is 18.2. The lowest BCUT2D eigenvalue weighted by molar-refractivity contribution is -0.0498. The molecular formula is C20H30F2O. The molecule has 0 amide bonds. The Morgan fingerprint density at radius 2 is 1.57 bits per heavy atom. The normalized spacial score (nSPS) is 21.6. The van der Waals surface area contributed by atoms with E-state index in [0.717, 1.165) is 18.3 Å². The molecule has 130 valence electrons. The molecule has 1 aromatic carbocycles. The van der Waals surface area contributed by atoms with E-state index < -0.39 is 6.61 Å². The standard InChI is InChI=1S/C20H30F2O/c1-2-3-4-5-16-6-8-17(9-7-16)10-11-18-12-14-19(15-13-18)23-20(21)22/h12-17,20H,2-11H2,1H3. The van der Waals surface area contributed by atoms with E-state index in [4.69, 9.17) is 0 Å². The van der Waals surface area contributed by atoms with Crippen molar-refractivity contribution in [3.63, 3.8) is 0 Å². The van der Waals surface area contributed by atoms with Crippen LogP contribution in [0.25, 0.3) is 0 Å². The highest BCUT2D eigenvalue weighted by Gasteiger charge is 2.20. The minimum absolute atomic E-state index is 0.247. The molecule has 0 saturated heterocycles. The number of hydrogen-bond acceptors (Lipinski definition) is 1. The second-order valence-corrected chi connectivity index (χ2v) is 6.94. The van der Waals surface area contributed by atoms with Crippen LogP contribution in [-0.2, 0) is 6.42 Å². The van der Waals surface area contributed by atoms with E-state index in [1.807, 2.05) is 12.1 Å². The molecule has 1 saturated carbocycles. The fraction of sp³-hybridized carbons (Fsp3) is 0.700. The van der Waals surface area contributed by atoms with Crippen LogP contribution in [0.4, 0.5) is 8.78 Å². The van der Waals surface area contributed by atoms with Gasteiger partial charge in [0.1, 0.15) is 5.75 Å². The smallest absolute Gasteiger partial charge is 0.387 e. The minimum atomic E-state index is -2.74. The van der Waals surface area contributed by atoms with Gasteiger partial charge in [0, 0.05) is 0 Å². The highest BCUT2D eigenvalue weighted by Crippen LogP contribution is 2.34. The van der Waals surface area contributed by atoms with E-state index in [1.165, 1.54) is 63.4 Å². The van der Waals surface area contributed by atoms with Crippen LogP contribution >= 0.6 is 0 Å². The second-order valence-electron chi connectivity index (χ2n) is 6.94. The topological polar surface area (TPSA) is 9.23 Å². The van der Waals surface area contributed by atoms with Crippen LogP contribution in [0.1, 0.15) is 70.3 Å². The van der Waals surface area contributed by atoms with Gasteiger partial charge in [-0.05, 0) is 42.4 Å². The van der Waals surface area contributed by atoms with Crippen molar-refractivity contribution in [2.75, 3.05) is 0 Å². The second kappa shape index (κ2) is 9.89. The Kier molecular flexibility index (Phi) is 7.84. The number of rotatable bonds is 9. The maximum absolute atomic E-state index is 12.1. The van der Waals surface area contributed by atoms with Gasteiger partial charge in [-0.1, -0.05) is 70.4 Å². The van der Waals surface area contributed by atoms with Crippen LogP contribution in [-0.4, -0.2) is 6.61 Å². The van der Waals surface area contributed by atoms with E-state index in [0.29, 0.717) is 0 Å². The summed E-state index contributed by atoms with van der Waals surface area (Å²) in [5.41, 5.74) is 1.22. The van der Waals surface area contributed by atoms with Crippen LogP contribution in [0.3, 0.4) is 0 Å². The summed E-state index contributed by atoms with van der Waals surface area (Å²) in [4.78, 5) is 0. The molecule has 0 aromatic heterocycles. The van der Waals surface area contributed by atoms with Crippen molar-refractivity contribution in [1.82, 2.24) is 0 Å². The lowest BCUT2D eigenvalue weighted by Crippen LogP contribution is -2.15. The van der Waals surface area contributed by atoms with Gasteiger partial charge in [-0.25, -0.2) is 0 Å². The number of ether oxygens (including phenoxy) is 1. The van der Waals surface area contributed by atoms with Crippen molar-refractivity contribution >= 4 is 0 Å². The molecule has 0 aliphatic heterocycles. The molecule has 23 heavy (non-hydrogen) atoms. The zero-order chi connectivity index (χ0) is 16.5. The summed E-state index contributed by atoms with van der Waals surface area (Å²) in [7, 11) is 0. The molecule has 1 fully saturated rings. The molecular weight excluding hydrogens is 294 g/mol. The summed E-state index contributed by atoms with van der Waals surface area (Å²) in [6.45, 7) is -0.475. The Labute approximate surface area is 139 Å². The van der Waals surface area contributed by atoms with Crippen LogP contribution in [0, 0.1) is 11.8 Å². The predicted octanol–water partition coefficient (Wildman–Crippen LogP) is 6.61. The highest BCUT2D eigenvalue weighted by molar-refractivity contribution is 5.27. The third-order valence-corrected chi connectivity index (χ3v) is 5.17. The lowest BCUT2D eigenvalue weighted by Gasteiger charge is -2.28. The van der Waals surface area contributed by atoms with Crippen molar-refractivity contribution in [3.05, 3.63) is 29.8 Å². The van der Waals surface area contributed by atoms with Gasteiger partial charge in [0.05, 0.1) is 0 Å². The number of aryl methyl sites for hydroxylation is 1. The fourth-order valence-electron chi connectivity index (χ4n) is 3.70. The average molecular weight is 324 g/mol. The summed E-state index contributed by atoms with van der Waals surface area (Å²) < 4.78 is 28.6. The van der Waals surface area contributed by atoms with E-state index in [9.17, 15) is 8.78 Å². The van der Waals surface area contributed by atoms with Crippen molar-refractivity contribution in [2.24, 2.45) is 11.8 Å². The molecule has 0 atom stereocenters. The van der Waals surface area contributed by atoms with Gasteiger partial charge in [-0.15, -0.1) is 0 Å². The molecule has 2 rings (SSSR count). The molecule has 0 spiro atoms. The van der Waals surface area contributed by atoms with Crippen molar-refractivity contribution in [1.29, 1.82) is 0 Å². The summed E-state index contributed by atoms with van der Waals surface area (Å²) in [6.07, 6.45) is 13.3. The summed E-state index contributed by atoms with van der Waals surface area (Å²) in [5, 5.41) is 0. The van der Waals surface area contributed by atoms with E-state index in [1.54, 1.807) is 12.1 Å². The maximum atomic E-state index is 12.1. The zero-order valence-corrected chi connectivity index (χ0v) is 14.3. The van der Waals surface area contributed by atoms with E-state index in [-0.39, 0.29) is 5.75 Å². The molecule has 3 heteroatoms. The van der Waals surface area contributed by atoms with Gasteiger partial charge in [0.15, 0.2) is 0 Å². The number of benzene rings is 1. The predicted molar refractivity (Wildman–Crippen MR) is 91.0 cm³/mol. The first-order chi connectivity index (χ1) is 11.2. The Morgan fingerprint density at radius 1 is 0.957 bits per heavy atom. The first-order valence-corrected chi connectivity index (χ1v) is 9.21. The number of unbranched alkanes of at least 4 members (excludes halogenated alkanes) is 2. The monoisotopic (exact) mass is 324 g/mol. The zero-order valence-electron chi connectivity index (χ0n) is 14.3. The Morgan fingerprint density at radius 3 is 2.13 bits per heavy atom. The lowest BCUT2D eigenvalue weighted by atomic mass is 9.78. The SMILES string of the molecule is CCCCCC1CCC(CCc2ccc(OC(F)F)cc2)CC1. The third kappa shape index (κ3) is 6.88. The molecule has 0 heterocycles. The van der Waals surface area contributed by atoms with Gasteiger partial charge in [-0.2, -0.15) is 8.78 Å². The van der Waals surface area contributed by atoms with Crippen molar-refractivity contribution < 1.29 is 13.5 Å². The van der Waals surface area contributed by atoms with Crippen LogP contribution in [0.2, 0.25) is 0 Å². The number of alkyl halides is 2. The quantitative estimate of drug-likeness (QED) is 0.464. The molecule has 1 nitrogen and oxygen atoms in total. The molecule has 0 radical (unpaired) electrons. The average Bonchev–Trinajstić information content (AvgIpc) is 2.55. The Hall–Kier alpha value is -1.12.